The van der Waals surface area contributed by atoms with Crippen LogP contribution >= 0.6 is 0 Å². The van der Waals surface area contributed by atoms with Crippen molar-refractivity contribution in [3.8, 4) is 5.75 Å². The zero-order valence-electron chi connectivity index (χ0n) is 22.4. The van der Waals surface area contributed by atoms with Crippen molar-refractivity contribution in [1.82, 2.24) is 9.80 Å². The first-order valence-corrected chi connectivity index (χ1v) is 13.1. The molecule has 214 valence electrons. The molecule has 3 fully saturated rings. The largest absolute Gasteiger partial charge is 0.491 e. The number of carboxylic acids is 1. The number of nitrogens with zero attached hydrogens (tertiary/aromatic N) is 2. The lowest BCUT2D eigenvalue weighted by molar-refractivity contribution is -0.137. The highest BCUT2D eigenvalue weighted by Crippen LogP contribution is 2.30. The SMILES string of the molecule is CC(C)CC(N)C(=O)N1CC(F)C2OCC(=O)C21.CN1CCO[C@H](COc2ccc3oc(C(=O)O)cc3c2)C1. The third kappa shape index (κ3) is 6.93. The molecule has 3 N–H and O–H groups in total. The summed E-state index contributed by atoms with van der Waals surface area (Å²) in [5, 5.41) is 9.62. The summed E-state index contributed by atoms with van der Waals surface area (Å²) < 4.78 is 35.3. The standard InChI is InChI=1S/C15H17NO5.C12H19FN2O3/c1-16-4-5-19-12(8-16)9-20-11-2-3-13-10(6-11)7-14(21-13)15(17)18;1-6(2)3-8(14)12(17)15-4-7(13)11-10(15)9(16)5-18-11/h2-3,6-7,12H,4-5,8-9H2,1H3,(H,17,18);6-8,10-11H,3-5,14H2,1-2H3/t12-;/m0./s1. The van der Waals surface area contributed by atoms with Gasteiger partial charge in [0.15, 0.2) is 5.78 Å². The molecule has 12 heteroatoms. The van der Waals surface area contributed by atoms with E-state index in [0.717, 1.165) is 13.1 Å². The number of fused-ring (bicyclic) bond motifs is 2. The fourth-order valence-corrected chi connectivity index (χ4v) is 5.02. The Balaban J connectivity index is 0.000000183. The number of hydrogen-bond donors (Lipinski definition) is 2. The zero-order chi connectivity index (χ0) is 28.3. The highest BCUT2D eigenvalue weighted by atomic mass is 19.1. The summed E-state index contributed by atoms with van der Waals surface area (Å²) in [5.41, 5.74) is 6.34. The number of ketones is 1. The highest BCUT2D eigenvalue weighted by Gasteiger charge is 2.53. The van der Waals surface area contributed by atoms with Gasteiger partial charge in [-0.3, -0.25) is 9.59 Å². The predicted octanol–water partition coefficient (Wildman–Crippen LogP) is 1.72. The summed E-state index contributed by atoms with van der Waals surface area (Å²) in [7, 11) is 2.06. The lowest BCUT2D eigenvalue weighted by atomic mass is 10.0. The molecule has 3 aliphatic rings. The Kier molecular flexibility index (Phi) is 9.21. The molecule has 0 radical (unpaired) electrons. The maximum absolute atomic E-state index is 13.7. The van der Waals surface area contributed by atoms with Gasteiger partial charge in [0.25, 0.3) is 0 Å². The number of hydrogen-bond acceptors (Lipinski definition) is 9. The number of ether oxygens (including phenoxy) is 3. The number of aromatic carboxylic acids is 1. The number of Topliss-reactive ketones (excluding diaryl/α,β-unsaturated/α-hetero) is 1. The van der Waals surface area contributed by atoms with E-state index in [4.69, 9.17) is 29.5 Å². The van der Waals surface area contributed by atoms with E-state index >= 15 is 0 Å². The molecule has 5 atom stereocenters. The topological polar surface area (TPSA) is 145 Å². The van der Waals surface area contributed by atoms with E-state index in [1.54, 1.807) is 18.2 Å². The second-order valence-corrected chi connectivity index (χ2v) is 10.6. The second kappa shape index (κ2) is 12.4. The van der Waals surface area contributed by atoms with Gasteiger partial charge in [-0.05, 0) is 43.7 Å². The summed E-state index contributed by atoms with van der Waals surface area (Å²) in [6, 6.07) is 5.30. The number of benzene rings is 1. The van der Waals surface area contributed by atoms with Crippen LogP contribution in [0.3, 0.4) is 0 Å². The van der Waals surface area contributed by atoms with Gasteiger partial charge in [-0.1, -0.05) is 13.8 Å². The highest BCUT2D eigenvalue weighted by molar-refractivity contribution is 5.94. The molecule has 2 aromatic rings. The molecule has 0 aliphatic carbocycles. The van der Waals surface area contributed by atoms with Crippen molar-refractivity contribution in [3.63, 3.8) is 0 Å². The number of halogens is 1. The number of likely N-dealkylation sites (tertiary alicyclic amines) is 1. The minimum absolute atomic E-state index is 0.0541. The monoisotopic (exact) mass is 549 g/mol. The molecular formula is C27H36FN3O8. The number of amides is 1. The van der Waals surface area contributed by atoms with E-state index in [1.807, 2.05) is 13.8 Å². The third-order valence-electron chi connectivity index (χ3n) is 6.92. The summed E-state index contributed by atoms with van der Waals surface area (Å²) in [4.78, 5) is 38.1. The summed E-state index contributed by atoms with van der Waals surface area (Å²) in [6.45, 7) is 6.69. The van der Waals surface area contributed by atoms with Gasteiger partial charge in [-0.15, -0.1) is 0 Å². The first-order chi connectivity index (χ1) is 18.5. The van der Waals surface area contributed by atoms with Crippen molar-refractivity contribution >= 4 is 28.6 Å². The molecule has 0 bridgehead atoms. The molecule has 3 aliphatic heterocycles. The van der Waals surface area contributed by atoms with Gasteiger partial charge in [0.05, 0.1) is 19.2 Å². The van der Waals surface area contributed by atoms with Crippen LogP contribution in [0.15, 0.2) is 28.7 Å². The Morgan fingerprint density at radius 2 is 2.00 bits per heavy atom. The van der Waals surface area contributed by atoms with Gasteiger partial charge >= 0.3 is 5.97 Å². The van der Waals surface area contributed by atoms with Crippen LogP contribution in [-0.4, -0.2) is 110 Å². The number of furan rings is 1. The number of carboxylic acid groups (broad SMARTS) is 1. The van der Waals surface area contributed by atoms with E-state index in [0.29, 0.717) is 36.4 Å². The summed E-state index contributed by atoms with van der Waals surface area (Å²) in [6.07, 6.45) is -1.51. The van der Waals surface area contributed by atoms with Crippen LogP contribution in [0.1, 0.15) is 30.8 Å². The van der Waals surface area contributed by atoms with Crippen molar-refractivity contribution in [2.24, 2.45) is 11.7 Å². The van der Waals surface area contributed by atoms with Crippen LogP contribution in [0.5, 0.6) is 5.75 Å². The summed E-state index contributed by atoms with van der Waals surface area (Å²) >= 11 is 0. The average molecular weight is 550 g/mol. The maximum atomic E-state index is 13.7. The molecule has 4 heterocycles. The molecule has 1 amide bonds. The Bertz CT molecular complexity index is 1190. The fraction of sp³-hybridized carbons (Fsp3) is 0.593. The first-order valence-electron chi connectivity index (χ1n) is 13.1. The lowest BCUT2D eigenvalue weighted by Gasteiger charge is -2.29. The van der Waals surface area contributed by atoms with Crippen molar-refractivity contribution in [2.45, 2.75) is 50.7 Å². The molecule has 0 spiro atoms. The molecule has 4 unspecified atom stereocenters. The molecule has 5 rings (SSSR count). The minimum atomic E-state index is -1.29. The number of alkyl halides is 1. The number of morpholine rings is 1. The summed E-state index contributed by atoms with van der Waals surface area (Å²) in [5.74, 6) is -0.772. The number of carbonyl (C=O) groups excluding carboxylic acids is 2. The van der Waals surface area contributed by atoms with Gasteiger partial charge < -0.3 is 39.3 Å². The Labute approximate surface area is 225 Å². The second-order valence-electron chi connectivity index (χ2n) is 10.6. The maximum Gasteiger partial charge on any atom is 0.371 e. The van der Waals surface area contributed by atoms with Crippen molar-refractivity contribution in [3.05, 3.63) is 30.0 Å². The van der Waals surface area contributed by atoms with Gasteiger partial charge in [0.1, 0.15) is 49.0 Å². The van der Waals surface area contributed by atoms with Crippen LogP contribution in [0.25, 0.3) is 11.0 Å². The molecule has 1 aromatic heterocycles. The number of likely N-dealkylation sites (N-methyl/N-ethyl adjacent to an activating group) is 1. The van der Waals surface area contributed by atoms with Gasteiger partial charge in [0.2, 0.25) is 11.7 Å². The van der Waals surface area contributed by atoms with Crippen molar-refractivity contribution < 1.29 is 42.5 Å². The van der Waals surface area contributed by atoms with Crippen LogP contribution in [-0.2, 0) is 19.1 Å². The number of carbonyl (C=O) groups is 3. The van der Waals surface area contributed by atoms with E-state index in [-0.39, 0.29) is 42.6 Å². The van der Waals surface area contributed by atoms with Gasteiger partial charge in [-0.2, -0.15) is 0 Å². The number of rotatable bonds is 7. The predicted molar refractivity (Wildman–Crippen MR) is 138 cm³/mol. The first kappa shape index (κ1) is 28.9. The Morgan fingerprint density at radius 1 is 1.23 bits per heavy atom. The molecular weight excluding hydrogens is 513 g/mol. The molecule has 11 nitrogen and oxygen atoms in total. The number of nitrogens with two attached hydrogens (primary N) is 1. The normalized spacial score (nSPS) is 25.9. The Hall–Kier alpha value is -3.06. The molecule has 3 saturated heterocycles. The van der Waals surface area contributed by atoms with Crippen molar-refractivity contribution in [1.29, 1.82) is 0 Å². The smallest absolute Gasteiger partial charge is 0.371 e. The van der Waals surface area contributed by atoms with Gasteiger partial charge in [0, 0.05) is 18.5 Å². The molecule has 0 saturated carbocycles. The van der Waals surface area contributed by atoms with E-state index in [2.05, 4.69) is 11.9 Å². The quantitative estimate of drug-likeness (QED) is 0.524. The van der Waals surface area contributed by atoms with Crippen LogP contribution in [0.2, 0.25) is 0 Å². The minimum Gasteiger partial charge on any atom is -0.491 e. The third-order valence-corrected chi connectivity index (χ3v) is 6.92. The van der Waals surface area contributed by atoms with Crippen molar-refractivity contribution in [2.75, 3.05) is 46.5 Å². The zero-order valence-corrected chi connectivity index (χ0v) is 22.4. The Morgan fingerprint density at radius 3 is 2.69 bits per heavy atom. The average Bonchev–Trinajstić information content (AvgIpc) is 3.57. The van der Waals surface area contributed by atoms with Gasteiger partial charge in [-0.25, -0.2) is 9.18 Å². The van der Waals surface area contributed by atoms with E-state index in [1.165, 1.54) is 11.0 Å². The molecule has 39 heavy (non-hydrogen) atoms. The van der Waals surface area contributed by atoms with Crippen LogP contribution in [0.4, 0.5) is 4.39 Å². The lowest BCUT2D eigenvalue weighted by Crippen LogP contribution is -2.49. The van der Waals surface area contributed by atoms with E-state index in [9.17, 15) is 18.8 Å². The van der Waals surface area contributed by atoms with E-state index < -0.39 is 30.3 Å². The van der Waals surface area contributed by atoms with Crippen LogP contribution in [0, 0.1) is 5.92 Å². The fourth-order valence-electron chi connectivity index (χ4n) is 5.02. The van der Waals surface area contributed by atoms with Crippen LogP contribution < -0.4 is 10.5 Å². The molecule has 1 aromatic carbocycles.